The van der Waals surface area contributed by atoms with Crippen LogP contribution in [-0.4, -0.2) is 11.5 Å². The second-order valence-corrected chi connectivity index (χ2v) is 6.78. The molecule has 2 nitrogen and oxygen atoms in total. The van der Waals surface area contributed by atoms with Crippen LogP contribution in [0.25, 0.3) is 0 Å². The first-order valence-electron chi connectivity index (χ1n) is 6.74. The third-order valence-electron chi connectivity index (χ3n) is 3.15. The van der Waals surface area contributed by atoms with Crippen molar-refractivity contribution in [2.45, 2.75) is 39.2 Å². The van der Waals surface area contributed by atoms with Gasteiger partial charge in [-0.2, -0.15) is 0 Å². The molecule has 0 amide bonds. The third-order valence-corrected chi connectivity index (χ3v) is 3.99. The van der Waals surface area contributed by atoms with Gasteiger partial charge in [0.05, 0.1) is 5.01 Å². The van der Waals surface area contributed by atoms with E-state index in [0.29, 0.717) is 0 Å². The molecule has 0 saturated heterocycles. The van der Waals surface area contributed by atoms with Crippen LogP contribution >= 0.6 is 11.3 Å². The second-order valence-electron chi connectivity index (χ2n) is 5.80. The molecule has 0 fully saturated rings. The normalized spacial score (nSPS) is 11.7. The number of benzene rings is 1. The lowest BCUT2D eigenvalue weighted by Gasteiger charge is -2.19. The highest BCUT2D eigenvalue weighted by atomic mass is 32.1. The van der Waals surface area contributed by atoms with Gasteiger partial charge in [0.2, 0.25) is 0 Å². The minimum Gasteiger partial charge on any atom is -0.312 e. The Morgan fingerprint density at radius 1 is 1.16 bits per heavy atom. The summed E-state index contributed by atoms with van der Waals surface area (Å²) in [5.74, 6) is 0. The maximum atomic E-state index is 4.28. The molecule has 0 saturated carbocycles. The molecule has 1 aromatic heterocycles. The van der Waals surface area contributed by atoms with Crippen LogP contribution in [0.1, 0.15) is 36.9 Å². The second kappa shape index (κ2) is 6.31. The molecule has 0 bridgehead atoms. The lowest BCUT2D eigenvalue weighted by molar-refractivity contribution is 0.589. The summed E-state index contributed by atoms with van der Waals surface area (Å²) < 4.78 is 0. The summed E-state index contributed by atoms with van der Waals surface area (Å²) in [5.41, 5.74) is 2.96. The van der Waals surface area contributed by atoms with Crippen molar-refractivity contribution in [3.05, 3.63) is 52.0 Å². The number of nitrogens with zero attached hydrogens (tertiary/aromatic N) is 1. The molecular weight excluding hydrogens is 252 g/mol. The minimum absolute atomic E-state index is 0.233. The topological polar surface area (TPSA) is 24.9 Å². The Balaban J connectivity index is 1.77. The van der Waals surface area contributed by atoms with E-state index >= 15 is 0 Å². The molecule has 2 aromatic rings. The molecule has 2 rings (SSSR count). The van der Waals surface area contributed by atoms with Crippen LogP contribution in [0.3, 0.4) is 0 Å². The molecule has 1 N–H and O–H groups in total. The van der Waals surface area contributed by atoms with Gasteiger partial charge in [0.15, 0.2) is 0 Å². The third kappa shape index (κ3) is 4.44. The summed E-state index contributed by atoms with van der Waals surface area (Å²) in [6.07, 6.45) is 2.88. The number of nitrogens with one attached hydrogen (secondary N) is 1. The molecule has 102 valence electrons. The number of aromatic nitrogens is 1. The molecular formula is C16H22N2S. The first-order chi connectivity index (χ1) is 9.05. The van der Waals surface area contributed by atoms with Crippen molar-refractivity contribution in [2.75, 3.05) is 6.54 Å². The SMILES string of the molecule is CC(C)(C)c1ccc(CNCCc2nccs2)cc1. The quantitative estimate of drug-likeness (QED) is 0.839. The Morgan fingerprint density at radius 2 is 1.89 bits per heavy atom. The molecule has 0 aliphatic heterocycles. The maximum absolute atomic E-state index is 4.28. The summed E-state index contributed by atoms with van der Waals surface area (Å²) in [6.45, 7) is 8.64. The molecule has 0 atom stereocenters. The predicted octanol–water partition coefficient (Wildman–Crippen LogP) is 3.77. The number of hydrogen-bond donors (Lipinski definition) is 1. The van der Waals surface area contributed by atoms with E-state index in [4.69, 9.17) is 0 Å². The monoisotopic (exact) mass is 274 g/mol. The first-order valence-corrected chi connectivity index (χ1v) is 7.62. The van der Waals surface area contributed by atoms with Crippen molar-refractivity contribution in [3.8, 4) is 0 Å². The number of thiazole rings is 1. The number of rotatable bonds is 5. The average Bonchev–Trinajstić information content (AvgIpc) is 2.87. The Morgan fingerprint density at radius 3 is 2.47 bits per heavy atom. The van der Waals surface area contributed by atoms with E-state index < -0.39 is 0 Å². The lowest BCUT2D eigenvalue weighted by atomic mass is 9.87. The highest BCUT2D eigenvalue weighted by Crippen LogP contribution is 2.22. The molecule has 3 heteroatoms. The Labute approximate surface area is 119 Å². The highest BCUT2D eigenvalue weighted by molar-refractivity contribution is 7.09. The van der Waals surface area contributed by atoms with Crippen LogP contribution in [-0.2, 0) is 18.4 Å². The van der Waals surface area contributed by atoms with E-state index in [1.54, 1.807) is 11.3 Å². The molecule has 0 aliphatic carbocycles. The van der Waals surface area contributed by atoms with Gasteiger partial charge in [-0.3, -0.25) is 0 Å². The van der Waals surface area contributed by atoms with Crippen molar-refractivity contribution in [1.82, 2.24) is 10.3 Å². The van der Waals surface area contributed by atoms with Crippen LogP contribution in [0.2, 0.25) is 0 Å². The van der Waals surface area contributed by atoms with Crippen molar-refractivity contribution >= 4 is 11.3 Å². The zero-order valence-electron chi connectivity index (χ0n) is 11.9. The van der Waals surface area contributed by atoms with Crippen LogP contribution in [0.5, 0.6) is 0 Å². The van der Waals surface area contributed by atoms with Gasteiger partial charge in [0, 0.05) is 31.1 Å². The summed E-state index contributed by atoms with van der Waals surface area (Å²) in [7, 11) is 0. The molecule has 0 aliphatic rings. The summed E-state index contributed by atoms with van der Waals surface area (Å²) >= 11 is 1.72. The van der Waals surface area contributed by atoms with E-state index in [1.165, 1.54) is 16.1 Å². The Hall–Kier alpha value is -1.19. The summed E-state index contributed by atoms with van der Waals surface area (Å²) in [4.78, 5) is 4.28. The van der Waals surface area contributed by atoms with Gasteiger partial charge >= 0.3 is 0 Å². The Bertz CT molecular complexity index is 480. The largest absolute Gasteiger partial charge is 0.312 e. The van der Waals surface area contributed by atoms with Crippen molar-refractivity contribution in [2.24, 2.45) is 0 Å². The molecule has 0 spiro atoms. The van der Waals surface area contributed by atoms with Crippen LogP contribution < -0.4 is 5.32 Å². The molecule has 19 heavy (non-hydrogen) atoms. The van der Waals surface area contributed by atoms with Gasteiger partial charge < -0.3 is 5.32 Å². The first kappa shape index (κ1) is 14.2. The van der Waals surface area contributed by atoms with Crippen molar-refractivity contribution < 1.29 is 0 Å². The fourth-order valence-electron chi connectivity index (χ4n) is 1.93. The standard InChI is InChI=1S/C16H22N2S/c1-16(2,3)14-6-4-13(5-7-14)12-17-9-8-15-18-10-11-19-15/h4-7,10-11,17H,8-9,12H2,1-3H3. The van der Waals surface area contributed by atoms with E-state index in [9.17, 15) is 0 Å². The number of hydrogen-bond acceptors (Lipinski definition) is 3. The Kier molecular flexibility index (Phi) is 4.72. The fraction of sp³-hybridized carbons (Fsp3) is 0.438. The van der Waals surface area contributed by atoms with Crippen molar-refractivity contribution in [1.29, 1.82) is 0 Å². The predicted molar refractivity (Wildman–Crippen MR) is 82.7 cm³/mol. The lowest BCUT2D eigenvalue weighted by Crippen LogP contribution is -2.17. The van der Waals surface area contributed by atoms with Gasteiger partial charge in [-0.15, -0.1) is 11.3 Å². The van der Waals surface area contributed by atoms with E-state index in [-0.39, 0.29) is 5.41 Å². The zero-order valence-corrected chi connectivity index (χ0v) is 12.8. The smallest absolute Gasteiger partial charge is 0.0937 e. The van der Waals surface area contributed by atoms with Gasteiger partial charge in [-0.25, -0.2) is 4.98 Å². The van der Waals surface area contributed by atoms with Gasteiger partial charge in [0.1, 0.15) is 0 Å². The van der Waals surface area contributed by atoms with E-state index in [0.717, 1.165) is 19.5 Å². The summed E-state index contributed by atoms with van der Waals surface area (Å²) in [6, 6.07) is 8.91. The molecule has 1 aromatic carbocycles. The van der Waals surface area contributed by atoms with Gasteiger partial charge in [-0.1, -0.05) is 45.0 Å². The fourth-order valence-corrected chi connectivity index (χ4v) is 2.55. The van der Waals surface area contributed by atoms with E-state index in [1.807, 2.05) is 11.6 Å². The van der Waals surface area contributed by atoms with Crippen LogP contribution in [0.4, 0.5) is 0 Å². The summed E-state index contributed by atoms with van der Waals surface area (Å²) in [5, 5.41) is 6.70. The molecule has 0 radical (unpaired) electrons. The van der Waals surface area contributed by atoms with Crippen LogP contribution in [0.15, 0.2) is 35.8 Å². The van der Waals surface area contributed by atoms with Gasteiger partial charge in [0.25, 0.3) is 0 Å². The van der Waals surface area contributed by atoms with Crippen LogP contribution in [0, 0.1) is 0 Å². The van der Waals surface area contributed by atoms with Crippen molar-refractivity contribution in [3.63, 3.8) is 0 Å². The van der Waals surface area contributed by atoms with Gasteiger partial charge in [-0.05, 0) is 16.5 Å². The minimum atomic E-state index is 0.233. The zero-order chi connectivity index (χ0) is 13.7. The highest BCUT2D eigenvalue weighted by Gasteiger charge is 2.12. The van der Waals surface area contributed by atoms with E-state index in [2.05, 4.69) is 55.3 Å². The maximum Gasteiger partial charge on any atom is 0.0937 e. The molecule has 1 heterocycles. The average molecular weight is 274 g/mol. The molecule has 0 unspecified atom stereocenters.